The van der Waals surface area contributed by atoms with Gasteiger partial charge in [-0.25, -0.2) is 0 Å². The van der Waals surface area contributed by atoms with Crippen molar-refractivity contribution in [1.82, 2.24) is 0 Å². The Kier molecular flexibility index (Phi) is 3.35. The number of rotatable bonds is 3. The maximum Gasteiger partial charge on any atom is 0.325 e. The molecule has 7 heteroatoms. The average molecular weight is 305 g/mol. The van der Waals surface area contributed by atoms with Crippen LogP contribution in [-0.4, -0.2) is 30.3 Å². The van der Waals surface area contributed by atoms with E-state index in [-0.39, 0.29) is 18.0 Å². The first-order valence-electron chi connectivity index (χ1n) is 7.04. The first kappa shape index (κ1) is 14.5. The molecule has 2 atom stereocenters. The SMILES string of the molecule is COc1ccc2c(c1)OC(=O)[C@@]1(CCCC1=O)[C@@H]2C[N+](=O)[O-]. The van der Waals surface area contributed by atoms with Crippen molar-refractivity contribution in [2.24, 2.45) is 5.41 Å². The minimum atomic E-state index is -1.41. The summed E-state index contributed by atoms with van der Waals surface area (Å²) in [6, 6.07) is 4.81. The number of hydrogen-bond donors (Lipinski definition) is 0. The summed E-state index contributed by atoms with van der Waals surface area (Å²) in [6.45, 7) is -0.472. The van der Waals surface area contributed by atoms with Crippen molar-refractivity contribution in [3.05, 3.63) is 33.9 Å². The molecule has 1 aromatic carbocycles. The molecular weight excluding hydrogens is 290 g/mol. The van der Waals surface area contributed by atoms with E-state index >= 15 is 0 Å². The van der Waals surface area contributed by atoms with E-state index < -0.39 is 28.8 Å². The van der Waals surface area contributed by atoms with E-state index in [9.17, 15) is 19.7 Å². The third-order valence-electron chi connectivity index (χ3n) is 4.56. The van der Waals surface area contributed by atoms with Gasteiger partial charge >= 0.3 is 5.97 Å². The van der Waals surface area contributed by atoms with Crippen molar-refractivity contribution < 1.29 is 24.0 Å². The number of benzene rings is 1. The molecule has 0 radical (unpaired) electrons. The Bertz CT molecular complexity index is 670. The standard InChI is InChI=1S/C15H15NO6/c1-21-9-4-5-10-11(8-16(19)20)15(6-2-3-13(15)17)14(18)22-12(10)7-9/h4-5,7,11H,2-3,6,8H2,1H3/t11-,15+/m1/s1. The van der Waals surface area contributed by atoms with E-state index in [4.69, 9.17) is 9.47 Å². The topological polar surface area (TPSA) is 95.7 Å². The summed E-state index contributed by atoms with van der Waals surface area (Å²) in [5.74, 6) is -1.00. The lowest BCUT2D eigenvalue weighted by molar-refractivity contribution is -0.485. The summed E-state index contributed by atoms with van der Waals surface area (Å²) in [4.78, 5) is 35.4. The zero-order valence-electron chi connectivity index (χ0n) is 12.0. The molecule has 7 nitrogen and oxygen atoms in total. The molecule has 0 unspecified atom stereocenters. The van der Waals surface area contributed by atoms with Gasteiger partial charge in [-0.05, 0) is 18.9 Å². The highest BCUT2D eigenvalue weighted by molar-refractivity contribution is 6.08. The highest BCUT2D eigenvalue weighted by atomic mass is 16.6. The van der Waals surface area contributed by atoms with Crippen LogP contribution in [0.5, 0.6) is 11.5 Å². The van der Waals surface area contributed by atoms with Gasteiger partial charge in [-0.3, -0.25) is 19.7 Å². The van der Waals surface area contributed by atoms with Crippen LogP contribution in [0.15, 0.2) is 18.2 Å². The molecule has 1 heterocycles. The smallest absolute Gasteiger partial charge is 0.325 e. The Hall–Kier alpha value is -2.44. The monoisotopic (exact) mass is 305 g/mol. The van der Waals surface area contributed by atoms with Gasteiger partial charge in [0.15, 0.2) is 5.78 Å². The van der Waals surface area contributed by atoms with Crippen molar-refractivity contribution in [3.63, 3.8) is 0 Å². The second-order valence-electron chi connectivity index (χ2n) is 5.61. The number of ether oxygens (including phenoxy) is 2. The molecule has 0 amide bonds. The minimum Gasteiger partial charge on any atom is -0.497 e. The van der Waals surface area contributed by atoms with Crippen molar-refractivity contribution >= 4 is 11.8 Å². The highest BCUT2D eigenvalue weighted by Crippen LogP contribution is 2.53. The fourth-order valence-electron chi connectivity index (χ4n) is 3.49. The molecule has 2 aliphatic rings. The van der Waals surface area contributed by atoms with Crippen LogP contribution in [0.3, 0.4) is 0 Å². The van der Waals surface area contributed by atoms with Gasteiger partial charge < -0.3 is 9.47 Å². The summed E-state index contributed by atoms with van der Waals surface area (Å²) in [7, 11) is 1.48. The molecule has 1 aliphatic heterocycles. The van der Waals surface area contributed by atoms with Gasteiger partial charge in [-0.15, -0.1) is 0 Å². The van der Waals surface area contributed by atoms with E-state index in [1.54, 1.807) is 12.1 Å². The first-order chi connectivity index (χ1) is 10.5. The zero-order valence-corrected chi connectivity index (χ0v) is 12.0. The number of Topliss-reactive ketones (excluding diaryl/α,β-unsaturated/α-hetero) is 1. The summed E-state index contributed by atoms with van der Waals surface area (Å²) >= 11 is 0. The molecule has 1 saturated carbocycles. The van der Waals surface area contributed by atoms with Gasteiger partial charge in [0.25, 0.3) is 0 Å². The number of ketones is 1. The van der Waals surface area contributed by atoms with E-state index in [0.717, 1.165) is 0 Å². The van der Waals surface area contributed by atoms with Gasteiger partial charge in [0, 0.05) is 23.0 Å². The van der Waals surface area contributed by atoms with Crippen molar-refractivity contribution in [2.75, 3.05) is 13.7 Å². The van der Waals surface area contributed by atoms with Crippen LogP contribution in [-0.2, 0) is 9.59 Å². The van der Waals surface area contributed by atoms with E-state index in [1.165, 1.54) is 13.2 Å². The van der Waals surface area contributed by atoms with E-state index in [1.807, 2.05) is 0 Å². The van der Waals surface area contributed by atoms with Crippen LogP contribution in [0.25, 0.3) is 0 Å². The number of nitrogens with zero attached hydrogens (tertiary/aromatic N) is 1. The minimum absolute atomic E-state index is 0.238. The zero-order chi connectivity index (χ0) is 15.9. The fraction of sp³-hybridized carbons (Fsp3) is 0.467. The quantitative estimate of drug-likeness (QED) is 0.277. The number of carbonyl (C=O) groups excluding carboxylic acids is 2. The van der Waals surface area contributed by atoms with Crippen LogP contribution in [0.2, 0.25) is 0 Å². The second kappa shape index (κ2) is 5.08. The Morgan fingerprint density at radius 1 is 1.45 bits per heavy atom. The molecule has 1 fully saturated rings. The predicted octanol–water partition coefficient (Wildman–Crippen LogP) is 1.71. The van der Waals surface area contributed by atoms with E-state index in [2.05, 4.69) is 0 Å². The third-order valence-corrected chi connectivity index (χ3v) is 4.56. The van der Waals surface area contributed by atoms with Crippen molar-refractivity contribution in [1.29, 1.82) is 0 Å². The molecule has 3 rings (SSSR count). The molecule has 1 aromatic rings. The van der Waals surface area contributed by atoms with Gasteiger partial charge in [0.2, 0.25) is 6.54 Å². The molecule has 1 aliphatic carbocycles. The largest absolute Gasteiger partial charge is 0.497 e. The molecule has 116 valence electrons. The molecule has 22 heavy (non-hydrogen) atoms. The molecule has 1 spiro atoms. The molecule has 0 N–H and O–H groups in total. The molecule has 0 bridgehead atoms. The lowest BCUT2D eigenvalue weighted by Gasteiger charge is -2.36. The lowest BCUT2D eigenvalue weighted by Crippen LogP contribution is -2.48. The van der Waals surface area contributed by atoms with Crippen LogP contribution < -0.4 is 9.47 Å². The maximum atomic E-state index is 12.5. The summed E-state index contributed by atoms with van der Waals surface area (Å²) < 4.78 is 10.4. The van der Waals surface area contributed by atoms with Gasteiger partial charge in [-0.1, -0.05) is 6.07 Å². The predicted molar refractivity (Wildman–Crippen MR) is 74.5 cm³/mol. The molecule has 0 saturated heterocycles. The molecular formula is C15H15NO6. The Labute approximate surface area is 126 Å². The van der Waals surface area contributed by atoms with Crippen LogP contribution in [0.1, 0.15) is 30.7 Å². The highest BCUT2D eigenvalue weighted by Gasteiger charge is 2.60. The number of methoxy groups -OCH3 is 1. The molecule has 0 aromatic heterocycles. The lowest BCUT2D eigenvalue weighted by atomic mass is 9.68. The van der Waals surface area contributed by atoms with Crippen molar-refractivity contribution in [3.8, 4) is 11.5 Å². The maximum absolute atomic E-state index is 12.5. The Morgan fingerprint density at radius 2 is 2.23 bits per heavy atom. The van der Waals surface area contributed by atoms with Crippen LogP contribution in [0, 0.1) is 15.5 Å². The average Bonchev–Trinajstić information content (AvgIpc) is 2.86. The van der Waals surface area contributed by atoms with Gasteiger partial charge in [-0.2, -0.15) is 0 Å². The number of hydrogen-bond acceptors (Lipinski definition) is 6. The number of fused-ring (bicyclic) bond motifs is 1. The summed E-state index contributed by atoms with van der Waals surface area (Å²) in [6.07, 6.45) is 1.11. The van der Waals surface area contributed by atoms with E-state index in [0.29, 0.717) is 24.2 Å². The van der Waals surface area contributed by atoms with Gasteiger partial charge in [0.05, 0.1) is 13.0 Å². The second-order valence-corrected chi connectivity index (χ2v) is 5.61. The number of esters is 1. The summed E-state index contributed by atoms with van der Waals surface area (Å²) in [5, 5.41) is 11.1. The Morgan fingerprint density at radius 3 is 2.82 bits per heavy atom. The van der Waals surface area contributed by atoms with Crippen molar-refractivity contribution in [2.45, 2.75) is 25.2 Å². The fourth-order valence-corrected chi connectivity index (χ4v) is 3.49. The van der Waals surface area contributed by atoms with Gasteiger partial charge in [0.1, 0.15) is 16.9 Å². The number of nitro groups is 1. The van der Waals surface area contributed by atoms with Crippen LogP contribution in [0.4, 0.5) is 0 Å². The summed E-state index contributed by atoms with van der Waals surface area (Å²) in [5.41, 5.74) is -0.887. The van der Waals surface area contributed by atoms with Crippen LogP contribution >= 0.6 is 0 Å². The number of carbonyl (C=O) groups is 2. The Balaban J connectivity index is 2.15. The normalized spacial score (nSPS) is 26.7. The third kappa shape index (κ3) is 1.96. The first-order valence-corrected chi connectivity index (χ1v) is 7.04.